The van der Waals surface area contributed by atoms with Gasteiger partial charge in [0, 0.05) is 19.4 Å². The first-order valence-corrected chi connectivity index (χ1v) is 47.3. The molecule has 2 aliphatic rings. The fourth-order valence-corrected chi connectivity index (χ4v) is 16.3. The van der Waals surface area contributed by atoms with Gasteiger partial charge in [-0.25, -0.2) is 19.1 Å². The van der Waals surface area contributed by atoms with Gasteiger partial charge < -0.3 is 52.2 Å². The lowest BCUT2D eigenvalue weighted by Gasteiger charge is -2.55. The zero-order chi connectivity index (χ0) is 83.4. The predicted octanol–water partition coefficient (Wildman–Crippen LogP) is 25.6. The average molecular weight is 1750 g/mol. The van der Waals surface area contributed by atoms with Crippen LogP contribution in [-0.2, 0) is 61.4 Å². The third-order valence-corrected chi connectivity index (χ3v) is 24.3. The van der Waals surface area contributed by atoms with E-state index in [0.717, 1.165) is 167 Å². The summed E-state index contributed by atoms with van der Waals surface area (Å²) in [5.41, 5.74) is -4.70. The number of imide groups is 1. The highest BCUT2D eigenvalue weighted by atomic mass is 35.6. The number of hydrogen-bond donors (Lipinski definition) is 1. The first kappa shape index (κ1) is 103. The zero-order valence-corrected chi connectivity index (χ0v) is 75.1. The maximum absolute atomic E-state index is 16.5. The number of phosphoric acid groups is 1. The minimum atomic E-state index is -5.36. The van der Waals surface area contributed by atoms with E-state index in [1.165, 1.54) is 102 Å². The molecule has 2 heterocycles. The van der Waals surface area contributed by atoms with Gasteiger partial charge in [0.15, 0.2) is 23.5 Å². The molecule has 2 saturated heterocycles. The van der Waals surface area contributed by atoms with Crippen molar-refractivity contribution in [3.05, 3.63) is 60.7 Å². The van der Waals surface area contributed by atoms with Crippen molar-refractivity contribution in [1.82, 2.24) is 9.80 Å². The minimum absolute atomic E-state index is 0.0426. The number of benzene rings is 2. The number of rotatable bonds is 64. The average Bonchev–Trinajstić information content (AvgIpc) is 0.819. The van der Waals surface area contributed by atoms with Crippen LogP contribution in [0.2, 0.25) is 0 Å². The summed E-state index contributed by atoms with van der Waals surface area (Å²) in [6.07, 6.45) is 26.6. The number of esters is 3. The van der Waals surface area contributed by atoms with Crippen LogP contribution in [-0.4, -0.2) is 139 Å². The molecule has 4 rings (SSSR count). The Hall–Kier alpha value is -3.53. The molecule has 0 bridgehead atoms. The number of nitrogens with zero attached hydrogens (tertiary/aromatic N) is 2. The number of ether oxygens (including phenoxy) is 7. The monoisotopic (exact) mass is 1740 g/mol. The molecule has 2 aliphatic heterocycles. The van der Waals surface area contributed by atoms with E-state index in [1.54, 1.807) is 41.3 Å². The van der Waals surface area contributed by atoms with Crippen molar-refractivity contribution >= 4 is 113 Å². The van der Waals surface area contributed by atoms with Crippen LogP contribution in [0.5, 0.6) is 11.5 Å². The number of carbonyl (C=O) groups excluding carboxylic acids is 6. The second-order valence-corrected chi connectivity index (χ2v) is 38.0. The second-order valence-electron chi connectivity index (χ2n) is 31.7. The molecule has 0 unspecified atom stereocenters. The summed E-state index contributed by atoms with van der Waals surface area (Å²) < 4.78 is 74.5. The number of alkyl halides is 6. The van der Waals surface area contributed by atoms with Crippen LogP contribution in [0.25, 0.3) is 0 Å². The van der Waals surface area contributed by atoms with Gasteiger partial charge >= 0.3 is 38.0 Å². The number of para-hydroxylation sites is 2. The molecule has 114 heavy (non-hydrogen) atoms. The predicted molar refractivity (Wildman–Crippen MR) is 456 cm³/mol. The third-order valence-electron chi connectivity index (χ3n) is 21.2. The van der Waals surface area contributed by atoms with Crippen molar-refractivity contribution < 1.29 is 85.2 Å². The lowest BCUT2D eigenvalue weighted by atomic mass is 9.80. The van der Waals surface area contributed by atoms with Crippen LogP contribution in [0.4, 0.5) is 9.59 Å². The van der Waals surface area contributed by atoms with E-state index in [2.05, 4.69) is 27.7 Å². The van der Waals surface area contributed by atoms with E-state index in [9.17, 15) is 19.5 Å². The van der Waals surface area contributed by atoms with Crippen LogP contribution in [0.1, 0.15) is 350 Å². The van der Waals surface area contributed by atoms with Crippen LogP contribution in [0.3, 0.4) is 0 Å². The first-order valence-electron chi connectivity index (χ1n) is 43.6. The molecule has 2 aromatic rings. The summed E-state index contributed by atoms with van der Waals surface area (Å²) in [5, 5.41) is 13.6. The molecular weight excluding hydrogens is 1600 g/mol. The highest BCUT2D eigenvalue weighted by Crippen LogP contribution is 2.54. The van der Waals surface area contributed by atoms with Crippen molar-refractivity contribution in [2.24, 2.45) is 0 Å². The van der Waals surface area contributed by atoms with E-state index in [-0.39, 0.29) is 50.3 Å². The quantitative estimate of drug-likeness (QED) is 0.0213. The molecule has 2 aromatic carbocycles. The smallest absolute Gasteiger partial charge is 0.462 e. The van der Waals surface area contributed by atoms with Gasteiger partial charge in [0.2, 0.25) is 13.5 Å². The number of aliphatic hydroxyl groups excluding tert-OH is 1. The Bertz CT molecular complexity index is 2920. The van der Waals surface area contributed by atoms with E-state index in [0.29, 0.717) is 43.4 Å². The molecule has 0 radical (unpaired) electrons. The number of unbranched alkanes of at least 4 members (excludes halogenated alkanes) is 36. The Balaban J connectivity index is 2.01. The summed E-state index contributed by atoms with van der Waals surface area (Å²) in [6.45, 7) is 9.28. The zero-order valence-electron chi connectivity index (χ0n) is 69.7. The standard InChI is InChI=1S/C87H141Cl6N2O18P/c1-7-11-15-19-23-27-29-33-37-41-51-61-76(97)106-72(59-45-39-35-31-25-21-17-13-9-3)65-75(96)95(82(101)105-69-86(88,89)90)85(68-94-63-53-54-64-94)80(109-78(99)66-73(60-46-40-36-32-26-22-18-14-10-4)107-77(98)62-52-42-38-34-30-28-24-20-16-12-8-2)79(74(108-81(85)100)67-104-83(102)110-84(5,6)87(91,92)93)113-114(103,111-70-55-47-43-48-56-70)112-71-57-49-44-50-58-71/h43-44,47-50,55-58,72-74,79-81,100H,7-42,45-46,51-54,59-69H2,1-6H3/t72-,73-,74-,79-,80+,81-,85-/m1/s1. The Labute approximate surface area is 714 Å². The first-order chi connectivity index (χ1) is 54.7. The van der Waals surface area contributed by atoms with Gasteiger partial charge in [-0.05, 0) is 103 Å². The molecule has 2 amide bonds. The van der Waals surface area contributed by atoms with Crippen molar-refractivity contribution in [3.8, 4) is 11.5 Å². The minimum Gasteiger partial charge on any atom is -0.462 e. The summed E-state index contributed by atoms with van der Waals surface area (Å²) in [7, 11) is -5.36. The molecule has 7 atom stereocenters. The number of likely N-dealkylation sites (tertiary alicyclic amines) is 1. The largest absolute Gasteiger partial charge is 0.588 e. The number of amides is 2. The lowest BCUT2D eigenvalue weighted by molar-refractivity contribution is -0.304. The van der Waals surface area contributed by atoms with E-state index in [1.807, 2.05) is 0 Å². The molecule has 0 spiro atoms. The summed E-state index contributed by atoms with van der Waals surface area (Å²) in [6, 6.07) is 15.6. The lowest BCUT2D eigenvalue weighted by Crippen LogP contribution is -2.79. The van der Waals surface area contributed by atoms with Gasteiger partial charge in [-0.2, -0.15) is 0 Å². The number of aliphatic hydroxyl groups is 1. The van der Waals surface area contributed by atoms with E-state index >= 15 is 18.9 Å². The van der Waals surface area contributed by atoms with Crippen molar-refractivity contribution in [2.45, 2.75) is 405 Å². The number of phosphoric ester groups is 1. The van der Waals surface area contributed by atoms with Gasteiger partial charge in [-0.3, -0.25) is 23.7 Å². The molecule has 2 fully saturated rings. The van der Waals surface area contributed by atoms with Crippen LogP contribution in [0.15, 0.2) is 60.7 Å². The Morgan fingerprint density at radius 2 is 0.904 bits per heavy atom. The summed E-state index contributed by atoms with van der Waals surface area (Å²) in [5.74, 6) is -3.49. The third kappa shape index (κ3) is 43.1. The molecule has 654 valence electrons. The molecule has 20 nitrogen and oxygen atoms in total. The number of halogens is 6. The van der Waals surface area contributed by atoms with Gasteiger partial charge in [-0.15, -0.1) is 0 Å². The topological polar surface area (TPSA) is 238 Å². The SMILES string of the molecule is CCCCCCCCCCCCCC(=O)O[C@H](CCCCCCCCCCC)CC(=O)O[C@H]1[C@H](OP(=O)(Oc2ccccc2)Oc2ccccc2)[C@@H](COC(=O)OC(C)(C)C(Cl)(Cl)Cl)O[C@@H](O)[C@]1(CN1CCCC1)N(C(=O)C[C@@H](CCCCCCCCCCC)OC(=O)CCCCCCCCCCCCC)C(=O)OCC(Cl)(Cl)Cl. The molecule has 27 heteroatoms. The highest BCUT2D eigenvalue weighted by Gasteiger charge is 2.67. The highest BCUT2D eigenvalue weighted by molar-refractivity contribution is 7.49. The summed E-state index contributed by atoms with van der Waals surface area (Å²) in [4.78, 5) is 93.3. The van der Waals surface area contributed by atoms with Gasteiger partial charge in [0.1, 0.15) is 49.1 Å². The van der Waals surface area contributed by atoms with Crippen LogP contribution >= 0.6 is 77.4 Å². The molecule has 0 saturated carbocycles. The summed E-state index contributed by atoms with van der Waals surface area (Å²) >= 11 is 38.0. The number of hydrogen-bond acceptors (Lipinski definition) is 19. The maximum atomic E-state index is 16.5. The number of carbonyl (C=O) groups is 6. The van der Waals surface area contributed by atoms with E-state index < -0.39 is 132 Å². The van der Waals surface area contributed by atoms with Crippen LogP contribution in [0, 0.1) is 0 Å². The Morgan fingerprint density at radius 3 is 1.29 bits per heavy atom. The van der Waals surface area contributed by atoms with Crippen molar-refractivity contribution in [2.75, 3.05) is 32.8 Å². The molecule has 0 aromatic heterocycles. The maximum Gasteiger partial charge on any atom is 0.588 e. The molecule has 1 N–H and O–H groups in total. The Kier molecular flexibility index (Phi) is 53.4. The van der Waals surface area contributed by atoms with Gasteiger partial charge in [-0.1, -0.05) is 365 Å². The molecule has 0 aliphatic carbocycles. The van der Waals surface area contributed by atoms with E-state index in [4.69, 9.17) is 116 Å². The molecular formula is C87H141Cl6N2O18P. The van der Waals surface area contributed by atoms with Crippen LogP contribution < -0.4 is 9.05 Å². The second kappa shape index (κ2) is 59.2. The Morgan fingerprint density at radius 1 is 0.526 bits per heavy atom. The fourth-order valence-electron chi connectivity index (χ4n) is 14.6. The van der Waals surface area contributed by atoms with Crippen molar-refractivity contribution in [3.63, 3.8) is 0 Å². The normalized spacial score (nSPS) is 18.0. The van der Waals surface area contributed by atoms with Crippen molar-refractivity contribution in [1.29, 1.82) is 0 Å². The van der Waals surface area contributed by atoms with Gasteiger partial charge in [0.05, 0.1) is 12.8 Å². The fraction of sp³-hybridized carbons (Fsp3) is 0.793. The van der Waals surface area contributed by atoms with Gasteiger partial charge in [0.25, 0.3) is 0 Å².